The fourth-order valence-electron chi connectivity index (χ4n) is 7.18. The number of ether oxygens (including phenoxy) is 2. The molecule has 1 unspecified atom stereocenters. The summed E-state index contributed by atoms with van der Waals surface area (Å²) in [5, 5.41) is 10.8. The quantitative estimate of drug-likeness (QED) is 0.257. The summed E-state index contributed by atoms with van der Waals surface area (Å²) in [5.74, 6) is -3.00. The van der Waals surface area contributed by atoms with Crippen molar-refractivity contribution in [2.24, 2.45) is 5.92 Å². The smallest absolute Gasteiger partial charge is 0.290 e. The van der Waals surface area contributed by atoms with Gasteiger partial charge in [0.2, 0.25) is 29.4 Å². The Hall–Kier alpha value is -4.78. The number of rotatable bonds is 11. The summed E-state index contributed by atoms with van der Waals surface area (Å²) in [6, 6.07) is 13.6. The summed E-state index contributed by atoms with van der Waals surface area (Å²) in [6.07, 6.45) is 5.53. The van der Waals surface area contributed by atoms with Gasteiger partial charge in [-0.25, -0.2) is 0 Å². The number of amides is 5. The first-order valence-electron chi connectivity index (χ1n) is 18.6. The minimum atomic E-state index is -1.16. The number of fused-ring (bicyclic) bond motifs is 4. The van der Waals surface area contributed by atoms with Crippen molar-refractivity contribution in [3.63, 3.8) is 0 Å². The van der Waals surface area contributed by atoms with Gasteiger partial charge in [0.05, 0.1) is 38.3 Å². The molecule has 4 N–H and O–H groups in total. The number of carbonyl (C=O) groups is 6. The first-order chi connectivity index (χ1) is 25.2. The molecule has 2 aromatic carbocycles. The van der Waals surface area contributed by atoms with Gasteiger partial charge in [-0.05, 0) is 48.4 Å². The van der Waals surface area contributed by atoms with E-state index in [1.807, 2.05) is 61.5 Å². The lowest BCUT2D eigenvalue weighted by Crippen LogP contribution is -2.58. The van der Waals surface area contributed by atoms with Crippen LogP contribution in [0.3, 0.4) is 0 Å². The Labute approximate surface area is 304 Å². The van der Waals surface area contributed by atoms with Crippen molar-refractivity contribution in [2.75, 3.05) is 26.3 Å². The molecule has 4 atom stereocenters. The average Bonchev–Trinajstić information content (AvgIpc) is 3.59. The molecule has 13 nitrogen and oxygen atoms in total. The zero-order valence-corrected chi connectivity index (χ0v) is 29.9. The van der Waals surface area contributed by atoms with Crippen molar-refractivity contribution in [3.05, 3.63) is 65.7 Å². The summed E-state index contributed by atoms with van der Waals surface area (Å²) in [5.41, 5.74) is 1.65. The SMILES string of the molecule is CCCC(NC(=O)[C@@H]1C[C@@H]2CN1C(=O)[C@H](C1CCCCC1)NC(=O)Cc1cccc(c1)OCCCO2)C(=O)C(=O)NCC(=O)NCc1ccccc1. The third-order valence-corrected chi connectivity index (χ3v) is 9.90. The van der Waals surface area contributed by atoms with Crippen LogP contribution in [0.25, 0.3) is 0 Å². The van der Waals surface area contributed by atoms with E-state index < -0.39 is 54.3 Å². The molecule has 2 fully saturated rings. The summed E-state index contributed by atoms with van der Waals surface area (Å²) in [4.78, 5) is 81.9. The maximum absolute atomic E-state index is 14.5. The molecule has 3 aliphatic rings. The van der Waals surface area contributed by atoms with E-state index in [1.165, 1.54) is 4.90 Å². The Kier molecular flexibility index (Phi) is 14.2. The van der Waals surface area contributed by atoms with Gasteiger partial charge in [0.1, 0.15) is 17.8 Å². The average molecular weight is 718 g/mol. The molecule has 0 radical (unpaired) electrons. The van der Waals surface area contributed by atoms with E-state index in [0.29, 0.717) is 31.8 Å². The van der Waals surface area contributed by atoms with Crippen LogP contribution in [-0.2, 0) is 46.5 Å². The molecule has 1 saturated carbocycles. The van der Waals surface area contributed by atoms with Gasteiger partial charge < -0.3 is 35.6 Å². The highest BCUT2D eigenvalue weighted by Gasteiger charge is 2.45. The molecule has 52 heavy (non-hydrogen) atoms. The fraction of sp³-hybridized carbons (Fsp3) is 0.538. The van der Waals surface area contributed by atoms with E-state index in [1.54, 1.807) is 0 Å². The summed E-state index contributed by atoms with van der Waals surface area (Å²) < 4.78 is 12.0. The maximum Gasteiger partial charge on any atom is 0.290 e. The van der Waals surface area contributed by atoms with Gasteiger partial charge in [0.25, 0.3) is 5.91 Å². The van der Waals surface area contributed by atoms with Gasteiger partial charge in [-0.3, -0.25) is 28.8 Å². The Morgan fingerprint density at radius 1 is 0.942 bits per heavy atom. The molecule has 280 valence electrons. The molecular formula is C39H51N5O8. The number of hydrogen-bond acceptors (Lipinski definition) is 8. The van der Waals surface area contributed by atoms with Crippen molar-refractivity contribution in [3.8, 4) is 5.75 Å². The van der Waals surface area contributed by atoms with Crippen LogP contribution in [0.4, 0.5) is 0 Å². The van der Waals surface area contributed by atoms with Crippen LogP contribution in [0.1, 0.15) is 75.8 Å². The van der Waals surface area contributed by atoms with Crippen molar-refractivity contribution in [1.29, 1.82) is 0 Å². The van der Waals surface area contributed by atoms with E-state index in [0.717, 1.165) is 43.2 Å². The van der Waals surface area contributed by atoms with Gasteiger partial charge in [-0.2, -0.15) is 0 Å². The van der Waals surface area contributed by atoms with E-state index in [2.05, 4.69) is 21.3 Å². The molecule has 5 amide bonds. The minimum absolute atomic E-state index is 0.0703. The Balaban J connectivity index is 1.28. The van der Waals surface area contributed by atoms with Crippen LogP contribution in [0.2, 0.25) is 0 Å². The number of Topliss-reactive ketones (excluding diaryl/α,β-unsaturated/α-hetero) is 1. The molecule has 2 aromatic rings. The van der Waals surface area contributed by atoms with Crippen LogP contribution in [0, 0.1) is 5.92 Å². The lowest BCUT2D eigenvalue weighted by Gasteiger charge is -2.35. The van der Waals surface area contributed by atoms with E-state index in [9.17, 15) is 28.8 Å². The number of benzene rings is 2. The Morgan fingerprint density at radius 2 is 1.73 bits per heavy atom. The maximum atomic E-state index is 14.5. The first kappa shape index (κ1) is 38.5. The Bertz CT molecular complexity index is 1560. The predicted molar refractivity (Wildman–Crippen MR) is 192 cm³/mol. The van der Waals surface area contributed by atoms with Crippen LogP contribution >= 0.6 is 0 Å². The normalized spacial score (nSPS) is 22.0. The predicted octanol–water partition coefficient (Wildman–Crippen LogP) is 2.35. The van der Waals surface area contributed by atoms with Crippen LogP contribution in [0.15, 0.2) is 54.6 Å². The molecule has 2 aliphatic heterocycles. The van der Waals surface area contributed by atoms with E-state index in [-0.39, 0.29) is 50.1 Å². The highest BCUT2D eigenvalue weighted by Crippen LogP contribution is 2.30. The van der Waals surface area contributed by atoms with Gasteiger partial charge in [0, 0.05) is 25.9 Å². The number of carbonyl (C=O) groups excluding carboxylic acids is 6. The third-order valence-electron chi connectivity index (χ3n) is 9.90. The van der Waals surface area contributed by atoms with Crippen LogP contribution in [-0.4, -0.2) is 90.8 Å². The van der Waals surface area contributed by atoms with E-state index in [4.69, 9.17) is 9.47 Å². The van der Waals surface area contributed by atoms with Crippen LogP contribution in [0.5, 0.6) is 5.75 Å². The molecule has 13 heteroatoms. The number of nitrogens with zero attached hydrogens (tertiary/aromatic N) is 1. The summed E-state index contributed by atoms with van der Waals surface area (Å²) in [6.45, 7) is 2.56. The van der Waals surface area contributed by atoms with E-state index >= 15 is 0 Å². The van der Waals surface area contributed by atoms with Gasteiger partial charge >= 0.3 is 0 Å². The van der Waals surface area contributed by atoms with Crippen molar-refractivity contribution >= 4 is 35.3 Å². The zero-order chi connectivity index (χ0) is 36.9. The molecule has 0 aromatic heterocycles. The Morgan fingerprint density at radius 3 is 2.50 bits per heavy atom. The highest BCUT2D eigenvalue weighted by atomic mass is 16.5. The second kappa shape index (κ2) is 19.2. The minimum Gasteiger partial charge on any atom is -0.493 e. The second-order valence-corrected chi connectivity index (χ2v) is 13.9. The number of ketones is 1. The molecule has 2 heterocycles. The van der Waals surface area contributed by atoms with Crippen molar-refractivity contribution in [1.82, 2.24) is 26.2 Å². The summed E-state index contributed by atoms with van der Waals surface area (Å²) in [7, 11) is 0. The third kappa shape index (κ3) is 10.9. The molecule has 0 spiro atoms. The molecule has 5 rings (SSSR count). The summed E-state index contributed by atoms with van der Waals surface area (Å²) >= 11 is 0. The fourth-order valence-corrected chi connectivity index (χ4v) is 7.18. The van der Waals surface area contributed by atoms with Crippen molar-refractivity contribution < 1.29 is 38.2 Å². The largest absolute Gasteiger partial charge is 0.493 e. The second-order valence-electron chi connectivity index (χ2n) is 13.9. The number of nitrogens with one attached hydrogen (secondary N) is 4. The first-order valence-corrected chi connectivity index (χ1v) is 18.6. The van der Waals surface area contributed by atoms with Gasteiger partial charge in [-0.1, -0.05) is 75.1 Å². The van der Waals surface area contributed by atoms with Crippen molar-refractivity contribution in [2.45, 2.75) is 102 Å². The van der Waals surface area contributed by atoms with Crippen LogP contribution < -0.4 is 26.0 Å². The molecule has 1 saturated heterocycles. The monoisotopic (exact) mass is 717 g/mol. The topological polar surface area (TPSA) is 172 Å². The lowest BCUT2D eigenvalue weighted by molar-refractivity contribution is -0.144. The van der Waals surface area contributed by atoms with Gasteiger partial charge in [-0.15, -0.1) is 0 Å². The molecular weight excluding hydrogens is 666 g/mol. The van der Waals surface area contributed by atoms with Gasteiger partial charge in [0.15, 0.2) is 0 Å². The molecule has 1 aliphatic carbocycles. The highest BCUT2D eigenvalue weighted by molar-refractivity contribution is 6.38. The number of hydrogen-bond donors (Lipinski definition) is 4. The lowest BCUT2D eigenvalue weighted by atomic mass is 9.83. The zero-order valence-electron chi connectivity index (χ0n) is 29.9. The standard InChI is InChI=1S/C39H51N5O8/c1-2-11-31(36(47)38(49)41-24-34(46)40-23-26-12-5-3-6-13-26)42-37(48)32-22-30-25-44(32)39(50)35(28-15-7-4-8-16-28)43-33(45)21-27-14-9-17-29(20-27)51-18-10-19-52-30/h3,5-6,9,12-14,17,20,28,30-32,35H,2,4,7-8,10-11,15-16,18-19,21-25H2,1H3,(H,40,46)(H,41,49)(H,42,48)(H,43,45)/t30-,31?,32+,35+/m1/s1. The molecule has 4 bridgehead atoms.